The van der Waals surface area contributed by atoms with Crippen molar-refractivity contribution in [3.63, 3.8) is 0 Å². The average molecular weight is 236 g/mol. The molecular formula is C6H16N6S2. The topological polar surface area (TPSA) is 129 Å². The van der Waals surface area contributed by atoms with E-state index in [2.05, 4.69) is 10.2 Å². The molecule has 14 heavy (non-hydrogen) atoms. The predicted octanol–water partition coefficient (Wildman–Crippen LogP) is -0.390. The molecule has 6 nitrogen and oxygen atoms in total. The van der Waals surface area contributed by atoms with Gasteiger partial charge in [-0.3, -0.25) is 0 Å². The number of nitrogens with zero attached hydrogens (tertiary/aromatic N) is 2. The van der Waals surface area contributed by atoms with Crippen molar-refractivity contribution in [3.8, 4) is 0 Å². The molecule has 8 N–H and O–H groups in total. The second kappa shape index (κ2) is 8.82. The molecule has 0 aromatic carbocycles. The van der Waals surface area contributed by atoms with Gasteiger partial charge in [-0.15, -0.1) is 0 Å². The molecule has 0 aliphatic heterocycles. The summed E-state index contributed by atoms with van der Waals surface area (Å²) in [7, 11) is 0. The van der Waals surface area contributed by atoms with Gasteiger partial charge in [-0.1, -0.05) is 23.5 Å². The summed E-state index contributed by atoms with van der Waals surface area (Å²) in [6, 6.07) is 0. The number of rotatable bonds is 5. The maximum atomic E-state index is 5.38. The first-order valence-corrected chi connectivity index (χ1v) is 6.00. The molecule has 0 unspecified atom stereocenters. The normalized spacial score (nSPS) is 13.1. The van der Waals surface area contributed by atoms with Crippen molar-refractivity contribution >= 4 is 33.9 Å². The van der Waals surface area contributed by atoms with Gasteiger partial charge in [-0.05, 0) is 12.8 Å². The Kier molecular flexibility index (Phi) is 8.34. The molecule has 8 heteroatoms. The molecule has 0 saturated carbocycles. The first-order valence-electron chi connectivity index (χ1n) is 4.03. The lowest BCUT2D eigenvalue weighted by atomic mass is 10.4. The first-order chi connectivity index (χ1) is 6.70. The van der Waals surface area contributed by atoms with E-state index >= 15 is 0 Å². The lowest BCUT2D eigenvalue weighted by Gasteiger charge is -2.00. The standard InChI is InChI=1S/C6H16N6S2/c7-5(11-9)13-3-1-2-4-14-6(8)12-10/h1-4,9-10H2,(H2,7,11)(H2,8,12). The summed E-state index contributed by atoms with van der Waals surface area (Å²) in [6.07, 6.45) is 2.07. The number of unbranched alkanes of at least 4 members (excludes halogenated alkanes) is 1. The fraction of sp³-hybridized carbons (Fsp3) is 0.667. The Hall–Kier alpha value is -0.760. The smallest absolute Gasteiger partial charge is 0.177 e. The van der Waals surface area contributed by atoms with Crippen LogP contribution in [-0.4, -0.2) is 21.8 Å². The van der Waals surface area contributed by atoms with Crippen LogP contribution in [-0.2, 0) is 0 Å². The van der Waals surface area contributed by atoms with Crippen molar-refractivity contribution in [2.75, 3.05) is 11.5 Å². The van der Waals surface area contributed by atoms with Gasteiger partial charge in [0.25, 0.3) is 0 Å². The van der Waals surface area contributed by atoms with Gasteiger partial charge in [0.2, 0.25) is 0 Å². The fourth-order valence-corrected chi connectivity index (χ4v) is 1.90. The van der Waals surface area contributed by atoms with Gasteiger partial charge < -0.3 is 23.2 Å². The van der Waals surface area contributed by atoms with E-state index in [1.54, 1.807) is 0 Å². The summed E-state index contributed by atoms with van der Waals surface area (Å²) < 4.78 is 0. The third kappa shape index (κ3) is 7.87. The van der Waals surface area contributed by atoms with Gasteiger partial charge in [0, 0.05) is 11.5 Å². The Morgan fingerprint density at radius 3 is 1.50 bits per heavy atom. The van der Waals surface area contributed by atoms with Crippen molar-refractivity contribution in [2.45, 2.75) is 12.8 Å². The average Bonchev–Trinajstić information content (AvgIpc) is 2.22. The molecule has 0 aliphatic carbocycles. The van der Waals surface area contributed by atoms with Gasteiger partial charge in [0.15, 0.2) is 10.3 Å². The Labute approximate surface area is 91.9 Å². The van der Waals surface area contributed by atoms with Crippen molar-refractivity contribution in [3.05, 3.63) is 0 Å². The Balaban J connectivity index is 3.22. The molecule has 82 valence electrons. The summed E-state index contributed by atoms with van der Waals surface area (Å²) in [6.45, 7) is 0. The summed E-state index contributed by atoms with van der Waals surface area (Å²) in [5.41, 5.74) is 10.8. The minimum absolute atomic E-state index is 0.417. The van der Waals surface area contributed by atoms with Crippen LogP contribution in [0.1, 0.15) is 12.8 Å². The molecule has 0 aromatic heterocycles. The largest absolute Gasteiger partial charge is 0.377 e. The molecule has 0 atom stereocenters. The van der Waals surface area contributed by atoms with Gasteiger partial charge in [-0.25, -0.2) is 0 Å². The monoisotopic (exact) mass is 236 g/mol. The highest BCUT2D eigenvalue weighted by molar-refractivity contribution is 8.14. The van der Waals surface area contributed by atoms with Crippen molar-refractivity contribution in [1.82, 2.24) is 0 Å². The highest BCUT2D eigenvalue weighted by Crippen LogP contribution is 2.08. The number of hydrogen-bond acceptors (Lipinski definition) is 6. The third-order valence-electron chi connectivity index (χ3n) is 1.29. The molecule has 0 bridgehead atoms. The lowest BCUT2D eigenvalue weighted by Crippen LogP contribution is -2.10. The van der Waals surface area contributed by atoms with E-state index in [1.165, 1.54) is 23.5 Å². The van der Waals surface area contributed by atoms with E-state index in [0.29, 0.717) is 10.3 Å². The van der Waals surface area contributed by atoms with Crippen LogP contribution in [0.5, 0.6) is 0 Å². The molecule has 0 rings (SSSR count). The second-order valence-electron chi connectivity index (χ2n) is 2.34. The first kappa shape index (κ1) is 13.2. The minimum Gasteiger partial charge on any atom is -0.377 e. The molecule has 0 spiro atoms. The lowest BCUT2D eigenvalue weighted by molar-refractivity contribution is 0.910. The van der Waals surface area contributed by atoms with Crippen LogP contribution >= 0.6 is 23.5 Å². The Bertz CT molecular complexity index is 182. The number of nitrogens with two attached hydrogens (primary N) is 4. The third-order valence-corrected chi connectivity index (χ3v) is 3.08. The van der Waals surface area contributed by atoms with E-state index in [4.69, 9.17) is 23.2 Å². The van der Waals surface area contributed by atoms with E-state index in [9.17, 15) is 0 Å². The number of thioether (sulfide) groups is 2. The number of hydrogen-bond donors (Lipinski definition) is 4. The fourth-order valence-electron chi connectivity index (χ4n) is 0.632. The molecule has 0 amide bonds. The van der Waals surface area contributed by atoms with Crippen LogP contribution in [0.2, 0.25) is 0 Å². The van der Waals surface area contributed by atoms with Gasteiger partial charge in [0.05, 0.1) is 0 Å². The van der Waals surface area contributed by atoms with Crippen LogP contribution in [0.3, 0.4) is 0 Å². The van der Waals surface area contributed by atoms with Gasteiger partial charge >= 0.3 is 0 Å². The maximum Gasteiger partial charge on any atom is 0.177 e. The van der Waals surface area contributed by atoms with Crippen LogP contribution in [0.4, 0.5) is 0 Å². The van der Waals surface area contributed by atoms with Crippen molar-refractivity contribution in [2.24, 2.45) is 33.4 Å². The summed E-state index contributed by atoms with van der Waals surface area (Å²) in [5.74, 6) is 11.7. The highest BCUT2D eigenvalue weighted by atomic mass is 32.2. The van der Waals surface area contributed by atoms with Gasteiger partial charge in [-0.2, -0.15) is 10.2 Å². The molecule has 0 radical (unpaired) electrons. The molecule has 0 aliphatic rings. The quantitative estimate of drug-likeness (QED) is 0.169. The van der Waals surface area contributed by atoms with Crippen molar-refractivity contribution in [1.29, 1.82) is 0 Å². The molecule has 0 fully saturated rings. The molecular weight excluding hydrogens is 220 g/mol. The highest BCUT2D eigenvalue weighted by Gasteiger charge is 1.95. The zero-order chi connectivity index (χ0) is 10.8. The van der Waals surface area contributed by atoms with Crippen LogP contribution in [0.25, 0.3) is 0 Å². The molecule has 0 saturated heterocycles. The second-order valence-corrected chi connectivity index (χ2v) is 4.57. The minimum atomic E-state index is 0.417. The zero-order valence-corrected chi connectivity index (χ0v) is 9.48. The van der Waals surface area contributed by atoms with Crippen molar-refractivity contribution < 1.29 is 0 Å². The van der Waals surface area contributed by atoms with E-state index in [-0.39, 0.29) is 0 Å². The molecule has 0 aromatic rings. The summed E-state index contributed by atoms with van der Waals surface area (Å²) >= 11 is 2.90. The summed E-state index contributed by atoms with van der Waals surface area (Å²) in [4.78, 5) is 0. The summed E-state index contributed by atoms with van der Waals surface area (Å²) in [5, 5.41) is 7.52. The van der Waals surface area contributed by atoms with E-state index in [1.807, 2.05) is 0 Å². The number of hydrazone groups is 2. The maximum absolute atomic E-state index is 5.38. The van der Waals surface area contributed by atoms with Crippen LogP contribution in [0, 0.1) is 0 Å². The van der Waals surface area contributed by atoms with Gasteiger partial charge in [0.1, 0.15) is 0 Å². The SMILES string of the molecule is N/N=C(/N)SCCCCS/C(N)=N/N. The Morgan fingerprint density at radius 1 is 0.857 bits per heavy atom. The van der Waals surface area contributed by atoms with Crippen LogP contribution < -0.4 is 23.2 Å². The molecule has 0 heterocycles. The Morgan fingerprint density at radius 2 is 1.21 bits per heavy atom. The van der Waals surface area contributed by atoms with E-state index in [0.717, 1.165) is 24.3 Å². The van der Waals surface area contributed by atoms with E-state index < -0.39 is 0 Å². The van der Waals surface area contributed by atoms with Crippen LogP contribution in [0.15, 0.2) is 10.2 Å². The zero-order valence-electron chi connectivity index (χ0n) is 7.85. The predicted molar refractivity (Wildman–Crippen MR) is 65.8 cm³/mol. The number of amidine groups is 2.